The van der Waals surface area contributed by atoms with Crippen LogP contribution >= 0.6 is 0 Å². The van der Waals surface area contributed by atoms with E-state index in [-0.39, 0.29) is 11.4 Å². The average molecular weight is 344 g/mol. The van der Waals surface area contributed by atoms with Crippen LogP contribution in [0.4, 0.5) is 5.69 Å². The van der Waals surface area contributed by atoms with Crippen molar-refractivity contribution in [2.24, 2.45) is 0 Å². The largest absolute Gasteiger partial charge is 0.494 e. The van der Waals surface area contributed by atoms with E-state index in [4.69, 9.17) is 9.47 Å². The molecule has 2 aliphatic rings. The number of benzene rings is 1. The summed E-state index contributed by atoms with van der Waals surface area (Å²) in [6.07, 6.45) is 2.17. The number of fused-ring (bicyclic) bond motifs is 1. The Morgan fingerprint density at radius 3 is 2.68 bits per heavy atom. The molecule has 136 valence electrons. The molecule has 0 N–H and O–H groups in total. The van der Waals surface area contributed by atoms with Crippen LogP contribution in [0, 0.1) is 0 Å². The molecule has 0 saturated carbocycles. The van der Waals surface area contributed by atoms with Crippen LogP contribution in [0.25, 0.3) is 5.57 Å². The summed E-state index contributed by atoms with van der Waals surface area (Å²) < 4.78 is 11.0. The van der Waals surface area contributed by atoms with E-state index in [1.165, 1.54) is 5.57 Å². The highest BCUT2D eigenvalue weighted by atomic mass is 16.5. The molecule has 0 aromatic heterocycles. The van der Waals surface area contributed by atoms with Crippen molar-refractivity contribution in [1.29, 1.82) is 0 Å². The van der Waals surface area contributed by atoms with Gasteiger partial charge in [0.05, 0.1) is 37.6 Å². The van der Waals surface area contributed by atoms with E-state index in [1.807, 2.05) is 30.0 Å². The van der Waals surface area contributed by atoms with Crippen LogP contribution in [0.5, 0.6) is 5.75 Å². The highest BCUT2D eigenvalue weighted by molar-refractivity contribution is 6.01. The SMILES string of the molecule is CCOc1ccc2c(c1)C(C)=CC(C)(C)N2C(=O)CN1CCOCC1. The fourth-order valence-corrected chi connectivity index (χ4v) is 3.74. The molecule has 25 heavy (non-hydrogen) atoms. The van der Waals surface area contributed by atoms with Crippen molar-refractivity contribution < 1.29 is 14.3 Å². The van der Waals surface area contributed by atoms with Gasteiger partial charge < -0.3 is 14.4 Å². The van der Waals surface area contributed by atoms with E-state index in [2.05, 4.69) is 31.7 Å². The minimum absolute atomic E-state index is 0.126. The van der Waals surface area contributed by atoms with Gasteiger partial charge in [-0.3, -0.25) is 9.69 Å². The number of morpholine rings is 1. The molecule has 1 amide bonds. The standard InChI is InChI=1S/C20H28N2O3/c1-5-25-16-6-7-18-17(12-16)15(2)13-20(3,4)22(18)19(23)14-21-8-10-24-11-9-21/h6-7,12-13H,5,8-11,14H2,1-4H3. The molecular formula is C20H28N2O3. The van der Waals surface area contributed by atoms with Gasteiger partial charge in [-0.25, -0.2) is 0 Å². The molecule has 5 nitrogen and oxygen atoms in total. The Labute approximate surface area is 150 Å². The van der Waals surface area contributed by atoms with E-state index in [9.17, 15) is 4.79 Å². The maximum absolute atomic E-state index is 13.1. The predicted octanol–water partition coefficient (Wildman–Crippen LogP) is 2.95. The molecule has 5 heteroatoms. The van der Waals surface area contributed by atoms with Gasteiger partial charge in [-0.1, -0.05) is 6.08 Å². The number of carbonyl (C=O) groups is 1. The van der Waals surface area contributed by atoms with Crippen LogP contribution in [0.2, 0.25) is 0 Å². The van der Waals surface area contributed by atoms with E-state index in [1.54, 1.807) is 0 Å². The summed E-state index contributed by atoms with van der Waals surface area (Å²) in [5.74, 6) is 0.968. The second-order valence-corrected chi connectivity index (χ2v) is 7.21. The van der Waals surface area contributed by atoms with Gasteiger partial charge in [-0.15, -0.1) is 0 Å². The fraction of sp³-hybridized carbons (Fsp3) is 0.550. The lowest BCUT2D eigenvalue weighted by Crippen LogP contribution is -2.53. The first kappa shape index (κ1) is 18.0. The molecule has 0 unspecified atom stereocenters. The smallest absolute Gasteiger partial charge is 0.241 e. The second-order valence-electron chi connectivity index (χ2n) is 7.21. The van der Waals surface area contributed by atoms with Gasteiger partial charge in [-0.05, 0) is 51.5 Å². The topological polar surface area (TPSA) is 42.0 Å². The number of allylic oxidation sites excluding steroid dienone is 1. The molecule has 2 aliphatic heterocycles. The molecule has 0 aliphatic carbocycles. The number of carbonyl (C=O) groups excluding carboxylic acids is 1. The Kier molecular flexibility index (Phi) is 5.16. The first-order chi connectivity index (χ1) is 11.9. The fourth-order valence-electron chi connectivity index (χ4n) is 3.74. The molecule has 1 aromatic carbocycles. The van der Waals surface area contributed by atoms with Crippen molar-refractivity contribution in [3.05, 3.63) is 29.8 Å². The predicted molar refractivity (Wildman–Crippen MR) is 100 cm³/mol. The minimum Gasteiger partial charge on any atom is -0.494 e. The molecule has 1 fully saturated rings. The lowest BCUT2D eigenvalue weighted by Gasteiger charge is -2.42. The van der Waals surface area contributed by atoms with Crippen LogP contribution in [-0.2, 0) is 9.53 Å². The quantitative estimate of drug-likeness (QED) is 0.842. The molecular weight excluding hydrogens is 316 g/mol. The maximum Gasteiger partial charge on any atom is 0.241 e. The summed E-state index contributed by atoms with van der Waals surface area (Å²) in [4.78, 5) is 17.2. The second kappa shape index (κ2) is 7.18. The average Bonchev–Trinajstić information content (AvgIpc) is 2.56. The van der Waals surface area contributed by atoms with E-state index >= 15 is 0 Å². The molecule has 0 atom stereocenters. The Morgan fingerprint density at radius 2 is 2.00 bits per heavy atom. The third kappa shape index (κ3) is 3.72. The number of ether oxygens (including phenoxy) is 2. The lowest BCUT2D eigenvalue weighted by atomic mass is 9.88. The molecule has 0 bridgehead atoms. The Hall–Kier alpha value is -1.85. The van der Waals surface area contributed by atoms with E-state index in [0.717, 1.165) is 30.1 Å². The number of amides is 1. The number of rotatable bonds is 4. The summed E-state index contributed by atoms with van der Waals surface area (Å²) in [5, 5.41) is 0. The van der Waals surface area contributed by atoms with Crippen LogP contribution in [0.15, 0.2) is 24.3 Å². The number of nitrogens with zero attached hydrogens (tertiary/aromatic N) is 2. The Bertz CT molecular complexity index is 676. The van der Waals surface area contributed by atoms with E-state index in [0.29, 0.717) is 26.4 Å². The first-order valence-electron chi connectivity index (χ1n) is 9.02. The van der Waals surface area contributed by atoms with Gasteiger partial charge in [0.2, 0.25) is 5.91 Å². The zero-order valence-corrected chi connectivity index (χ0v) is 15.7. The Morgan fingerprint density at radius 1 is 1.28 bits per heavy atom. The van der Waals surface area contributed by atoms with Gasteiger partial charge in [-0.2, -0.15) is 0 Å². The highest BCUT2D eigenvalue weighted by Gasteiger charge is 2.36. The first-order valence-corrected chi connectivity index (χ1v) is 9.02. The molecule has 0 radical (unpaired) electrons. The van der Waals surface area contributed by atoms with Crippen LogP contribution < -0.4 is 9.64 Å². The Balaban J connectivity index is 1.91. The number of anilines is 1. The zero-order valence-electron chi connectivity index (χ0n) is 15.7. The van der Waals surface area contributed by atoms with Gasteiger partial charge in [0.25, 0.3) is 0 Å². The molecule has 2 heterocycles. The van der Waals surface area contributed by atoms with Gasteiger partial charge in [0.15, 0.2) is 0 Å². The molecule has 3 rings (SSSR count). The van der Waals surface area contributed by atoms with Crippen LogP contribution in [0.3, 0.4) is 0 Å². The summed E-state index contributed by atoms with van der Waals surface area (Å²) in [7, 11) is 0. The molecule has 1 saturated heterocycles. The summed E-state index contributed by atoms with van der Waals surface area (Å²) in [5.41, 5.74) is 2.86. The van der Waals surface area contributed by atoms with Crippen molar-refractivity contribution in [2.45, 2.75) is 33.2 Å². The van der Waals surface area contributed by atoms with Crippen molar-refractivity contribution in [2.75, 3.05) is 44.4 Å². The monoisotopic (exact) mass is 344 g/mol. The normalized spacial score (nSPS) is 20.0. The minimum atomic E-state index is -0.354. The van der Waals surface area contributed by atoms with Crippen molar-refractivity contribution in [3.8, 4) is 5.75 Å². The molecule has 0 spiro atoms. The van der Waals surface area contributed by atoms with Crippen molar-refractivity contribution in [1.82, 2.24) is 4.90 Å². The summed E-state index contributed by atoms with van der Waals surface area (Å²) in [6.45, 7) is 12.3. The maximum atomic E-state index is 13.1. The lowest BCUT2D eigenvalue weighted by molar-refractivity contribution is -0.121. The van der Waals surface area contributed by atoms with Crippen molar-refractivity contribution >= 4 is 17.2 Å². The number of hydrogen-bond donors (Lipinski definition) is 0. The van der Waals surface area contributed by atoms with Crippen molar-refractivity contribution in [3.63, 3.8) is 0 Å². The van der Waals surface area contributed by atoms with Gasteiger partial charge in [0, 0.05) is 18.7 Å². The van der Waals surface area contributed by atoms with Gasteiger partial charge in [0.1, 0.15) is 5.75 Å². The third-order valence-corrected chi connectivity index (χ3v) is 4.80. The van der Waals surface area contributed by atoms with E-state index < -0.39 is 0 Å². The molecule has 1 aromatic rings. The third-order valence-electron chi connectivity index (χ3n) is 4.80. The zero-order chi connectivity index (χ0) is 18.0. The summed E-state index contributed by atoms with van der Waals surface area (Å²) >= 11 is 0. The van der Waals surface area contributed by atoms with Gasteiger partial charge >= 0.3 is 0 Å². The highest BCUT2D eigenvalue weighted by Crippen LogP contribution is 2.40. The number of hydrogen-bond acceptors (Lipinski definition) is 4. The van der Waals surface area contributed by atoms with Crippen LogP contribution in [0.1, 0.15) is 33.3 Å². The summed E-state index contributed by atoms with van der Waals surface area (Å²) in [6, 6.07) is 6.00. The van der Waals surface area contributed by atoms with Crippen LogP contribution in [-0.4, -0.2) is 55.8 Å².